The molecule has 54 valence electrons. The zero-order valence-corrected chi connectivity index (χ0v) is 5.56. The van der Waals surface area contributed by atoms with Crippen LogP contribution in [0, 0.1) is 0 Å². The molecule has 0 aromatic carbocycles. The van der Waals surface area contributed by atoms with Gasteiger partial charge in [0, 0.05) is 12.7 Å². The maximum absolute atomic E-state index is 5.11. The standard InChI is InChI=1S/C7H9NO2/c1-2-4-8(3-1)7-9-5-6-10-7/h1,3,5-7H,2,4H2. The van der Waals surface area contributed by atoms with Gasteiger partial charge in [0.15, 0.2) is 0 Å². The van der Waals surface area contributed by atoms with Gasteiger partial charge in [0.2, 0.25) is 0 Å². The van der Waals surface area contributed by atoms with E-state index >= 15 is 0 Å². The number of nitrogens with zero attached hydrogens (tertiary/aromatic N) is 1. The van der Waals surface area contributed by atoms with Gasteiger partial charge in [0.05, 0.1) is 0 Å². The minimum Gasteiger partial charge on any atom is -0.442 e. The quantitative estimate of drug-likeness (QED) is 0.541. The molecule has 0 aromatic rings. The average molecular weight is 139 g/mol. The fraction of sp³-hybridized carbons (Fsp3) is 0.429. The minimum absolute atomic E-state index is 0.209. The first-order chi connectivity index (χ1) is 4.97. The molecule has 0 radical (unpaired) electrons. The Morgan fingerprint density at radius 2 is 2.10 bits per heavy atom. The summed E-state index contributed by atoms with van der Waals surface area (Å²) in [6.45, 7) is 0.992. The maximum atomic E-state index is 5.11. The second-order valence-electron chi connectivity index (χ2n) is 2.26. The Labute approximate surface area is 59.5 Å². The first kappa shape index (κ1) is 5.65. The van der Waals surface area contributed by atoms with E-state index in [9.17, 15) is 0 Å². The summed E-state index contributed by atoms with van der Waals surface area (Å²) in [5, 5.41) is 0. The summed E-state index contributed by atoms with van der Waals surface area (Å²) in [6.07, 6.45) is 8.11. The zero-order chi connectivity index (χ0) is 6.81. The van der Waals surface area contributed by atoms with E-state index in [2.05, 4.69) is 6.08 Å². The van der Waals surface area contributed by atoms with E-state index in [1.54, 1.807) is 12.5 Å². The minimum atomic E-state index is -0.209. The Morgan fingerprint density at radius 3 is 2.70 bits per heavy atom. The van der Waals surface area contributed by atoms with Crippen molar-refractivity contribution in [1.29, 1.82) is 0 Å². The van der Waals surface area contributed by atoms with Gasteiger partial charge >= 0.3 is 6.41 Å². The molecule has 0 aromatic heterocycles. The largest absolute Gasteiger partial charge is 0.442 e. The van der Waals surface area contributed by atoms with E-state index in [0.717, 1.165) is 13.0 Å². The summed E-state index contributed by atoms with van der Waals surface area (Å²) in [5.74, 6) is 0. The monoisotopic (exact) mass is 139 g/mol. The van der Waals surface area contributed by atoms with Crippen molar-refractivity contribution in [2.75, 3.05) is 6.54 Å². The molecule has 0 fully saturated rings. The van der Waals surface area contributed by atoms with Crippen LogP contribution in [-0.4, -0.2) is 17.9 Å². The molecule has 2 aliphatic heterocycles. The summed E-state index contributed by atoms with van der Waals surface area (Å²) in [5.41, 5.74) is 0. The normalized spacial score (nSPS) is 23.4. The molecular weight excluding hydrogens is 130 g/mol. The van der Waals surface area contributed by atoms with Crippen molar-refractivity contribution < 1.29 is 9.47 Å². The van der Waals surface area contributed by atoms with Crippen LogP contribution in [0.1, 0.15) is 6.42 Å². The molecule has 0 atom stereocenters. The van der Waals surface area contributed by atoms with E-state index in [-0.39, 0.29) is 6.41 Å². The van der Waals surface area contributed by atoms with E-state index in [1.807, 2.05) is 11.1 Å². The molecular formula is C7H9NO2. The number of hydrogen-bond donors (Lipinski definition) is 0. The Kier molecular flexibility index (Phi) is 1.27. The van der Waals surface area contributed by atoms with Gasteiger partial charge in [0.25, 0.3) is 0 Å². The third-order valence-corrected chi connectivity index (χ3v) is 1.57. The topological polar surface area (TPSA) is 21.7 Å². The number of hydrogen-bond acceptors (Lipinski definition) is 3. The van der Waals surface area contributed by atoms with E-state index in [0.29, 0.717) is 0 Å². The molecule has 0 N–H and O–H groups in total. The van der Waals surface area contributed by atoms with E-state index in [1.165, 1.54) is 0 Å². The van der Waals surface area contributed by atoms with Gasteiger partial charge in [-0.3, -0.25) is 0 Å². The van der Waals surface area contributed by atoms with Gasteiger partial charge in [-0.05, 0) is 6.42 Å². The van der Waals surface area contributed by atoms with Gasteiger partial charge in [-0.15, -0.1) is 0 Å². The van der Waals surface area contributed by atoms with Crippen LogP contribution in [0.25, 0.3) is 0 Å². The Bertz CT molecular complexity index is 168. The molecule has 0 bridgehead atoms. The molecule has 3 heteroatoms. The smallest absolute Gasteiger partial charge is 0.325 e. The SMILES string of the molecule is C1=CN(C2OC=CO2)CC1. The van der Waals surface area contributed by atoms with Gasteiger partial charge in [-0.2, -0.15) is 0 Å². The maximum Gasteiger partial charge on any atom is 0.325 e. The van der Waals surface area contributed by atoms with Crippen LogP contribution in [0.3, 0.4) is 0 Å². The van der Waals surface area contributed by atoms with Crippen molar-refractivity contribution in [2.45, 2.75) is 12.8 Å². The van der Waals surface area contributed by atoms with Crippen LogP contribution in [0.5, 0.6) is 0 Å². The Hall–Kier alpha value is -1.12. The summed E-state index contributed by atoms with van der Waals surface area (Å²) in [6, 6.07) is 0. The van der Waals surface area contributed by atoms with Crippen LogP contribution in [0.2, 0.25) is 0 Å². The van der Waals surface area contributed by atoms with Crippen LogP contribution in [0.4, 0.5) is 0 Å². The van der Waals surface area contributed by atoms with Crippen molar-refractivity contribution in [1.82, 2.24) is 4.90 Å². The van der Waals surface area contributed by atoms with Crippen molar-refractivity contribution in [3.63, 3.8) is 0 Å². The molecule has 2 heterocycles. The molecule has 3 nitrogen and oxygen atoms in total. The fourth-order valence-electron chi connectivity index (χ4n) is 1.07. The zero-order valence-electron chi connectivity index (χ0n) is 5.56. The van der Waals surface area contributed by atoms with Crippen LogP contribution >= 0.6 is 0 Å². The van der Waals surface area contributed by atoms with Gasteiger partial charge in [0.1, 0.15) is 12.5 Å². The second kappa shape index (κ2) is 2.25. The lowest BCUT2D eigenvalue weighted by Gasteiger charge is -2.21. The molecule has 0 aliphatic carbocycles. The van der Waals surface area contributed by atoms with Crippen LogP contribution in [0.15, 0.2) is 24.8 Å². The molecule has 0 saturated carbocycles. The van der Waals surface area contributed by atoms with Crippen molar-refractivity contribution in [3.8, 4) is 0 Å². The number of ether oxygens (including phenoxy) is 2. The van der Waals surface area contributed by atoms with E-state index < -0.39 is 0 Å². The lowest BCUT2D eigenvalue weighted by atomic mass is 10.5. The number of rotatable bonds is 1. The van der Waals surface area contributed by atoms with Crippen molar-refractivity contribution in [2.24, 2.45) is 0 Å². The van der Waals surface area contributed by atoms with Crippen molar-refractivity contribution in [3.05, 3.63) is 24.8 Å². The highest BCUT2D eigenvalue weighted by Gasteiger charge is 2.20. The highest BCUT2D eigenvalue weighted by molar-refractivity contribution is 4.92. The Balaban J connectivity index is 1.93. The molecule has 0 spiro atoms. The molecule has 0 unspecified atom stereocenters. The summed E-state index contributed by atoms with van der Waals surface area (Å²) in [4.78, 5) is 2.01. The lowest BCUT2D eigenvalue weighted by molar-refractivity contribution is -0.114. The van der Waals surface area contributed by atoms with E-state index in [4.69, 9.17) is 9.47 Å². The van der Waals surface area contributed by atoms with Crippen molar-refractivity contribution >= 4 is 0 Å². The molecule has 2 rings (SSSR count). The summed E-state index contributed by atoms with van der Waals surface area (Å²) >= 11 is 0. The first-order valence-electron chi connectivity index (χ1n) is 3.35. The van der Waals surface area contributed by atoms with Gasteiger partial charge in [-0.25, -0.2) is 0 Å². The average Bonchev–Trinajstić information content (AvgIpc) is 2.59. The highest BCUT2D eigenvalue weighted by Crippen LogP contribution is 2.15. The highest BCUT2D eigenvalue weighted by atomic mass is 16.7. The Morgan fingerprint density at radius 1 is 1.30 bits per heavy atom. The third-order valence-electron chi connectivity index (χ3n) is 1.57. The summed E-state index contributed by atoms with van der Waals surface area (Å²) in [7, 11) is 0. The first-order valence-corrected chi connectivity index (χ1v) is 3.35. The van der Waals surface area contributed by atoms with Gasteiger partial charge < -0.3 is 14.4 Å². The second-order valence-corrected chi connectivity index (χ2v) is 2.26. The van der Waals surface area contributed by atoms with Gasteiger partial charge in [-0.1, -0.05) is 6.08 Å². The van der Waals surface area contributed by atoms with Crippen LogP contribution < -0.4 is 0 Å². The molecule has 10 heavy (non-hydrogen) atoms. The predicted octanol–water partition coefficient (Wildman–Crippen LogP) is 1.01. The fourth-order valence-corrected chi connectivity index (χ4v) is 1.07. The molecule has 0 amide bonds. The lowest BCUT2D eigenvalue weighted by Crippen LogP contribution is -2.29. The predicted molar refractivity (Wildman–Crippen MR) is 35.6 cm³/mol. The third kappa shape index (κ3) is 0.835. The summed E-state index contributed by atoms with van der Waals surface area (Å²) < 4.78 is 10.2. The van der Waals surface area contributed by atoms with Crippen LogP contribution in [-0.2, 0) is 9.47 Å². The molecule has 0 saturated heterocycles. The molecule has 2 aliphatic rings.